The van der Waals surface area contributed by atoms with Crippen LogP contribution in [0.4, 0.5) is 0 Å². The van der Waals surface area contributed by atoms with Gasteiger partial charge >= 0.3 is 0 Å². The summed E-state index contributed by atoms with van der Waals surface area (Å²) in [4.78, 5) is 4.18. The van der Waals surface area contributed by atoms with Crippen LogP contribution in [-0.2, 0) is 0 Å². The number of hydrogen-bond donors (Lipinski definition) is 0. The van der Waals surface area contributed by atoms with Crippen molar-refractivity contribution in [3.8, 4) is 0 Å². The summed E-state index contributed by atoms with van der Waals surface area (Å²) in [6.07, 6.45) is 3.11. The Morgan fingerprint density at radius 3 is 2.27 bits per heavy atom. The summed E-state index contributed by atoms with van der Waals surface area (Å²) in [6.45, 7) is 6.64. The molecule has 0 aliphatic carbocycles. The van der Waals surface area contributed by atoms with Crippen molar-refractivity contribution in [2.45, 2.75) is 27.2 Å². The molecule has 0 aliphatic heterocycles. The molecule has 15 heavy (non-hydrogen) atoms. The number of rotatable bonds is 1. The number of benzene rings is 1. The van der Waals surface area contributed by atoms with Gasteiger partial charge in [-0.25, -0.2) is 0 Å². The van der Waals surface area contributed by atoms with Gasteiger partial charge in [0.25, 0.3) is 0 Å². The lowest BCUT2D eigenvalue weighted by Gasteiger charge is -1.91. The summed E-state index contributed by atoms with van der Waals surface area (Å²) in [5, 5.41) is 1.20. The van der Waals surface area contributed by atoms with Gasteiger partial charge in [-0.2, -0.15) is 0 Å². The van der Waals surface area contributed by atoms with Crippen LogP contribution in [0.3, 0.4) is 0 Å². The molecule has 1 heteroatoms. The molecule has 1 nitrogen and oxygen atoms in total. The Balaban J connectivity index is 0.000000195. The van der Waals surface area contributed by atoms with E-state index in [0.717, 1.165) is 11.4 Å². The normalized spacial score (nSPS) is 9.87. The molecule has 0 spiro atoms. The van der Waals surface area contributed by atoms with E-state index in [0.29, 0.717) is 0 Å². The first-order valence-corrected chi connectivity index (χ1v) is 5.53. The van der Waals surface area contributed by atoms with E-state index in [2.05, 4.69) is 37.9 Å². The fraction of sp³-hybridized carbons (Fsp3) is 0.357. The van der Waals surface area contributed by atoms with Crippen molar-refractivity contribution in [1.82, 2.24) is 4.98 Å². The molecular formula is C14H19N. The monoisotopic (exact) mass is 201 g/mol. The van der Waals surface area contributed by atoms with Gasteiger partial charge in [0, 0.05) is 11.6 Å². The summed E-state index contributed by atoms with van der Waals surface area (Å²) in [5.41, 5.74) is 1.06. The lowest BCUT2D eigenvalue weighted by molar-refractivity contribution is 0.626. The van der Waals surface area contributed by atoms with E-state index in [1.807, 2.05) is 30.5 Å². The molecular weight excluding hydrogens is 182 g/mol. The van der Waals surface area contributed by atoms with Crippen molar-refractivity contribution in [3.05, 3.63) is 42.6 Å². The van der Waals surface area contributed by atoms with Crippen LogP contribution in [0, 0.1) is 5.92 Å². The van der Waals surface area contributed by atoms with Crippen LogP contribution in [0.2, 0.25) is 0 Å². The average molecular weight is 201 g/mol. The molecule has 1 heterocycles. The van der Waals surface area contributed by atoms with Crippen LogP contribution >= 0.6 is 0 Å². The maximum absolute atomic E-state index is 4.18. The molecule has 0 saturated heterocycles. The van der Waals surface area contributed by atoms with Crippen molar-refractivity contribution in [2.24, 2.45) is 5.92 Å². The lowest BCUT2D eigenvalue weighted by atomic mass is 10.2. The molecule has 0 aliphatic rings. The second-order valence-electron chi connectivity index (χ2n) is 4.00. The second-order valence-corrected chi connectivity index (χ2v) is 4.00. The Bertz CT molecular complexity index is 328. The van der Waals surface area contributed by atoms with Crippen LogP contribution in [-0.4, -0.2) is 4.98 Å². The zero-order chi connectivity index (χ0) is 11.1. The van der Waals surface area contributed by atoms with E-state index in [9.17, 15) is 0 Å². The van der Waals surface area contributed by atoms with E-state index in [1.54, 1.807) is 0 Å². The molecule has 1 aromatic carbocycles. The van der Waals surface area contributed by atoms with Crippen molar-refractivity contribution in [3.63, 3.8) is 0 Å². The third-order valence-corrected chi connectivity index (χ3v) is 2.33. The predicted octanol–water partition coefficient (Wildman–Crippen LogP) is 4.29. The number of nitrogens with zero attached hydrogens (tertiary/aromatic N) is 1. The number of pyridine rings is 1. The van der Waals surface area contributed by atoms with Crippen LogP contribution in [0.15, 0.2) is 42.6 Å². The Kier molecular flexibility index (Phi) is 4.82. The van der Waals surface area contributed by atoms with Crippen molar-refractivity contribution >= 4 is 10.9 Å². The smallest absolute Gasteiger partial charge is 0.0701 e. The molecule has 0 unspecified atom stereocenters. The number of para-hydroxylation sites is 1. The predicted molar refractivity (Wildman–Crippen MR) is 66.9 cm³/mol. The summed E-state index contributed by atoms with van der Waals surface area (Å²) in [7, 11) is 0. The van der Waals surface area contributed by atoms with E-state index in [4.69, 9.17) is 0 Å². The lowest BCUT2D eigenvalue weighted by Crippen LogP contribution is -1.77. The Morgan fingerprint density at radius 1 is 1.07 bits per heavy atom. The van der Waals surface area contributed by atoms with Crippen LogP contribution < -0.4 is 0 Å². The maximum Gasteiger partial charge on any atom is 0.0701 e. The van der Waals surface area contributed by atoms with Gasteiger partial charge < -0.3 is 0 Å². The number of fused-ring (bicyclic) bond motifs is 1. The second kappa shape index (κ2) is 6.18. The highest BCUT2D eigenvalue weighted by Gasteiger charge is 1.86. The third kappa shape index (κ3) is 4.11. The van der Waals surface area contributed by atoms with Gasteiger partial charge in [-0.3, -0.25) is 4.98 Å². The Morgan fingerprint density at radius 2 is 1.67 bits per heavy atom. The maximum atomic E-state index is 4.18. The zero-order valence-corrected chi connectivity index (χ0v) is 9.77. The number of hydrogen-bond acceptors (Lipinski definition) is 1. The third-order valence-electron chi connectivity index (χ3n) is 2.33. The fourth-order valence-electron chi connectivity index (χ4n) is 1.02. The number of aromatic nitrogens is 1. The van der Waals surface area contributed by atoms with Crippen molar-refractivity contribution < 1.29 is 0 Å². The van der Waals surface area contributed by atoms with Crippen LogP contribution in [0.25, 0.3) is 10.9 Å². The minimum atomic E-state index is 0.884. The van der Waals surface area contributed by atoms with Gasteiger partial charge in [0.2, 0.25) is 0 Å². The standard InChI is InChI=1S/C9H7N.C5H12/c1-2-6-9-8(4-1)5-3-7-10-9;1-4-5(2)3/h1-7H;5H,4H2,1-3H3. The molecule has 80 valence electrons. The largest absolute Gasteiger partial charge is 0.256 e. The first kappa shape index (κ1) is 11.7. The first-order valence-electron chi connectivity index (χ1n) is 5.53. The van der Waals surface area contributed by atoms with Gasteiger partial charge in [-0.1, -0.05) is 51.5 Å². The minimum absolute atomic E-state index is 0.884. The van der Waals surface area contributed by atoms with Gasteiger partial charge in [0.05, 0.1) is 5.52 Å². The zero-order valence-electron chi connectivity index (χ0n) is 9.77. The van der Waals surface area contributed by atoms with Crippen LogP contribution in [0.5, 0.6) is 0 Å². The van der Waals surface area contributed by atoms with Crippen molar-refractivity contribution in [1.29, 1.82) is 0 Å². The molecule has 0 amide bonds. The molecule has 0 N–H and O–H groups in total. The first-order chi connectivity index (χ1) is 7.24. The van der Waals surface area contributed by atoms with Crippen LogP contribution in [0.1, 0.15) is 27.2 Å². The highest BCUT2D eigenvalue weighted by molar-refractivity contribution is 5.77. The minimum Gasteiger partial charge on any atom is -0.256 e. The summed E-state index contributed by atoms with van der Waals surface area (Å²) in [6, 6.07) is 12.1. The molecule has 0 atom stereocenters. The summed E-state index contributed by atoms with van der Waals surface area (Å²) < 4.78 is 0. The quantitative estimate of drug-likeness (QED) is 0.670. The van der Waals surface area contributed by atoms with Gasteiger partial charge in [-0.05, 0) is 18.1 Å². The summed E-state index contributed by atoms with van der Waals surface area (Å²) in [5.74, 6) is 0.884. The highest BCUT2D eigenvalue weighted by Crippen LogP contribution is 2.07. The van der Waals surface area contributed by atoms with E-state index in [1.165, 1.54) is 11.8 Å². The molecule has 2 aromatic rings. The molecule has 0 bridgehead atoms. The highest BCUT2D eigenvalue weighted by atomic mass is 14.6. The average Bonchev–Trinajstić information content (AvgIpc) is 2.30. The SMILES string of the molecule is CCC(C)C.c1ccc2ncccc2c1. The molecule has 0 radical (unpaired) electrons. The molecule has 0 saturated carbocycles. The molecule has 0 fully saturated rings. The topological polar surface area (TPSA) is 12.9 Å². The Labute approximate surface area is 92.2 Å². The summed E-state index contributed by atoms with van der Waals surface area (Å²) >= 11 is 0. The molecule has 2 rings (SSSR count). The van der Waals surface area contributed by atoms with E-state index in [-0.39, 0.29) is 0 Å². The fourth-order valence-corrected chi connectivity index (χ4v) is 1.02. The van der Waals surface area contributed by atoms with E-state index < -0.39 is 0 Å². The van der Waals surface area contributed by atoms with Crippen molar-refractivity contribution in [2.75, 3.05) is 0 Å². The van der Waals surface area contributed by atoms with Gasteiger partial charge in [-0.15, -0.1) is 0 Å². The molecule has 1 aromatic heterocycles. The van der Waals surface area contributed by atoms with Gasteiger partial charge in [0.15, 0.2) is 0 Å². The van der Waals surface area contributed by atoms with Gasteiger partial charge in [0.1, 0.15) is 0 Å². The van der Waals surface area contributed by atoms with E-state index >= 15 is 0 Å². The Hall–Kier alpha value is -1.37.